The van der Waals surface area contributed by atoms with Crippen molar-refractivity contribution in [3.63, 3.8) is 0 Å². The molecule has 2 aromatic heterocycles. The largest absolute Gasteiger partial charge is 0.378 e. The Balaban J connectivity index is 1.21. The zero-order chi connectivity index (χ0) is 19.3. The highest BCUT2D eigenvalue weighted by molar-refractivity contribution is 7.15. The molecule has 0 radical (unpaired) electrons. The van der Waals surface area contributed by atoms with Crippen molar-refractivity contribution in [1.82, 2.24) is 20.6 Å². The fourth-order valence-corrected chi connectivity index (χ4v) is 4.29. The van der Waals surface area contributed by atoms with Gasteiger partial charge in [0, 0.05) is 35.6 Å². The summed E-state index contributed by atoms with van der Waals surface area (Å²) in [7, 11) is 0. The second-order valence-corrected chi connectivity index (χ2v) is 8.63. The second-order valence-electron chi connectivity index (χ2n) is 6.68. The second kappa shape index (κ2) is 8.84. The number of nitrogens with zero attached hydrogens (tertiary/aromatic N) is 3. The van der Waals surface area contributed by atoms with E-state index in [1.807, 2.05) is 0 Å². The Hall–Kier alpha value is -2.24. The van der Waals surface area contributed by atoms with Gasteiger partial charge < -0.3 is 20.3 Å². The number of ether oxygens (including phenoxy) is 1. The van der Waals surface area contributed by atoms with Gasteiger partial charge in [-0.2, -0.15) is 0 Å². The van der Waals surface area contributed by atoms with Gasteiger partial charge in [0.15, 0.2) is 10.3 Å². The van der Waals surface area contributed by atoms with Crippen LogP contribution in [0, 0.1) is 0 Å². The van der Waals surface area contributed by atoms with Gasteiger partial charge >= 0.3 is 6.03 Å². The predicted molar refractivity (Wildman–Crippen MR) is 108 cm³/mol. The molecule has 3 heterocycles. The minimum absolute atomic E-state index is 0.111. The van der Waals surface area contributed by atoms with Gasteiger partial charge in [-0.25, -0.2) is 14.8 Å². The molecule has 0 unspecified atom stereocenters. The number of nitrogens with one attached hydrogen (secondary N) is 3. The van der Waals surface area contributed by atoms with Crippen molar-refractivity contribution < 1.29 is 14.3 Å². The molecule has 1 aliphatic carbocycles. The number of thiazole rings is 2. The van der Waals surface area contributed by atoms with Crippen molar-refractivity contribution in [2.75, 3.05) is 36.5 Å². The number of aromatic nitrogens is 2. The van der Waals surface area contributed by atoms with E-state index >= 15 is 0 Å². The van der Waals surface area contributed by atoms with Crippen LogP contribution in [-0.4, -0.2) is 54.3 Å². The molecule has 0 atom stereocenters. The molecule has 0 bridgehead atoms. The van der Waals surface area contributed by atoms with E-state index in [0.717, 1.165) is 49.2 Å². The van der Waals surface area contributed by atoms with Crippen molar-refractivity contribution in [3.8, 4) is 0 Å². The molecule has 3 amide bonds. The topological polar surface area (TPSA) is 108 Å². The lowest BCUT2D eigenvalue weighted by atomic mass is 10.3. The molecule has 9 nitrogen and oxygen atoms in total. The lowest BCUT2D eigenvalue weighted by Crippen LogP contribution is -2.36. The standard InChI is InChI=1S/C17H22N6O3S2/c24-14(7-12-10-27-16(21-12)22-15(25)20-11-1-2-11)18-8-13-9-19-17(28-13)23-3-5-26-6-4-23/h9-11H,1-8H2,(H,18,24)(H2,20,21,22,25). The lowest BCUT2D eigenvalue weighted by Gasteiger charge is -2.25. The first kappa shape index (κ1) is 19.1. The normalized spacial score (nSPS) is 16.6. The summed E-state index contributed by atoms with van der Waals surface area (Å²) in [5, 5.41) is 11.7. The SMILES string of the molecule is O=C(Cc1csc(NC(=O)NC2CC2)n1)NCc1cnc(N2CCOCC2)s1. The highest BCUT2D eigenvalue weighted by atomic mass is 32.1. The maximum absolute atomic E-state index is 12.2. The van der Waals surface area contributed by atoms with Crippen LogP contribution in [0.4, 0.5) is 15.1 Å². The maximum Gasteiger partial charge on any atom is 0.321 e. The highest BCUT2D eigenvalue weighted by Gasteiger charge is 2.23. The Morgan fingerprint density at radius 3 is 2.89 bits per heavy atom. The van der Waals surface area contributed by atoms with E-state index < -0.39 is 0 Å². The molecular formula is C17H22N6O3S2. The lowest BCUT2D eigenvalue weighted by molar-refractivity contribution is -0.120. The summed E-state index contributed by atoms with van der Waals surface area (Å²) in [5.41, 5.74) is 0.641. The van der Waals surface area contributed by atoms with Gasteiger partial charge in [-0.3, -0.25) is 10.1 Å². The van der Waals surface area contributed by atoms with Crippen LogP contribution in [0.25, 0.3) is 0 Å². The Kier molecular flexibility index (Phi) is 6.03. The van der Waals surface area contributed by atoms with Crippen LogP contribution in [0.15, 0.2) is 11.6 Å². The number of anilines is 2. The first-order chi connectivity index (χ1) is 13.7. The number of morpholine rings is 1. The van der Waals surface area contributed by atoms with E-state index in [-0.39, 0.29) is 18.4 Å². The summed E-state index contributed by atoms with van der Waals surface area (Å²) in [6, 6.07) is 0.0508. The van der Waals surface area contributed by atoms with E-state index in [4.69, 9.17) is 4.74 Å². The van der Waals surface area contributed by atoms with Gasteiger partial charge in [-0.15, -0.1) is 22.7 Å². The van der Waals surface area contributed by atoms with Crippen LogP contribution < -0.4 is 20.9 Å². The summed E-state index contributed by atoms with van der Waals surface area (Å²) in [4.78, 5) is 35.8. The van der Waals surface area contributed by atoms with Crippen LogP contribution in [0.1, 0.15) is 23.4 Å². The third-order valence-electron chi connectivity index (χ3n) is 4.31. The van der Waals surface area contributed by atoms with Crippen molar-refractivity contribution in [1.29, 1.82) is 0 Å². The van der Waals surface area contributed by atoms with Crippen molar-refractivity contribution in [2.45, 2.75) is 31.8 Å². The number of carbonyl (C=O) groups excluding carboxylic acids is 2. The molecule has 1 aliphatic heterocycles. The number of carbonyl (C=O) groups is 2. The first-order valence-corrected chi connectivity index (χ1v) is 10.9. The van der Waals surface area contributed by atoms with Gasteiger partial charge in [0.2, 0.25) is 5.91 Å². The molecular weight excluding hydrogens is 400 g/mol. The van der Waals surface area contributed by atoms with Gasteiger partial charge in [0.1, 0.15) is 0 Å². The van der Waals surface area contributed by atoms with Crippen molar-refractivity contribution in [3.05, 3.63) is 22.1 Å². The Morgan fingerprint density at radius 1 is 1.29 bits per heavy atom. The van der Waals surface area contributed by atoms with E-state index in [1.165, 1.54) is 11.3 Å². The Bertz CT molecular complexity index is 828. The molecule has 0 aromatic carbocycles. The number of rotatable bonds is 7. The highest BCUT2D eigenvalue weighted by Crippen LogP contribution is 2.23. The predicted octanol–water partition coefficient (Wildman–Crippen LogP) is 1.58. The average Bonchev–Trinajstić information content (AvgIpc) is 3.19. The van der Waals surface area contributed by atoms with Gasteiger partial charge in [0.25, 0.3) is 0 Å². The molecule has 3 N–H and O–H groups in total. The third kappa shape index (κ3) is 5.40. The summed E-state index contributed by atoms with van der Waals surface area (Å²) in [6.07, 6.45) is 4.05. The first-order valence-electron chi connectivity index (χ1n) is 9.22. The summed E-state index contributed by atoms with van der Waals surface area (Å²) in [5.74, 6) is -0.111. The molecule has 2 aromatic rings. The van der Waals surface area contributed by atoms with E-state index in [1.54, 1.807) is 22.9 Å². The molecule has 150 valence electrons. The van der Waals surface area contributed by atoms with Gasteiger partial charge in [-0.05, 0) is 12.8 Å². The van der Waals surface area contributed by atoms with Crippen molar-refractivity contribution in [2.24, 2.45) is 0 Å². The molecule has 2 aliphatic rings. The molecule has 1 saturated carbocycles. The van der Waals surface area contributed by atoms with E-state index in [9.17, 15) is 9.59 Å². The van der Waals surface area contributed by atoms with Crippen LogP contribution in [0.5, 0.6) is 0 Å². The maximum atomic E-state index is 12.2. The smallest absolute Gasteiger partial charge is 0.321 e. The van der Waals surface area contributed by atoms with E-state index in [0.29, 0.717) is 23.4 Å². The van der Waals surface area contributed by atoms with Gasteiger partial charge in [-0.1, -0.05) is 0 Å². The molecule has 11 heteroatoms. The summed E-state index contributed by atoms with van der Waals surface area (Å²) < 4.78 is 5.35. The molecule has 1 saturated heterocycles. The van der Waals surface area contributed by atoms with Crippen molar-refractivity contribution >= 4 is 44.9 Å². The number of urea groups is 1. The van der Waals surface area contributed by atoms with Crippen LogP contribution in [0.3, 0.4) is 0 Å². The van der Waals surface area contributed by atoms with Gasteiger partial charge in [0.05, 0.1) is 31.9 Å². The average molecular weight is 423 g/mol. The van der Waals surface area contributed by atoms with Crippen LogP contribution in [0.2, 0.25) is 0 Å². The minimum Gasteiger partial charge on any atom is -0.378 e. The molecule has 28 heavy (non-hydrogen) atoms. The number of amides is 3. The Labute approximate surface area is 170 Å². The minimum atomic E-state index is -0.242. The summed E-state index contributed by atoms with van der Waals surface area (Å²) >= 11 is 2.90. The fourth-order valence-electron chi connectivity index (χ4n) is 2.68. The van der Waals surface area contributed by atoms with Crippen LogP contribution >= 0.6 is 22.7 Å². The quantitative estimate of drug-likeness (QED) is 0.625. The third-order valence-corrected chi connectivity index (χ3v) is 6.17. The van der Waals surface area contributed by atoms with E-state index in [2.05, 4.69) is 30.8 Å². The zero-order valence-corrected chi connectivity index (χ0v) is 16.9. The fraction of sp³-hybridized carbons (Fsp3) is 0.529. The molecule has 0 spiro atoms. The molecule has 4 rings (SSSR count). The van der Waals surface area contributed by atoms with Crippen LogP contribution in [-0.2, 0) is 22.5 Å². The summed E-state index contributed by atoms with van der Waals surface area (Å²) in [6.45, 7) is 3.58. The number of hydrogen-bond acceptors (Lipinski definition) is 8. The molecule has 2 fully saturated rings. The Morgan fingerprint density at radius 2 is 2.11 bits per heavy atom. The zero-order valence-electron chi connectivity index (χ0n) is 15.3. The number of hydrogen-bond donors (Lipinski definition) is 3. The monoisotopic (exact) mass is 422 g/mol.